The molecule has 20 heavy (non-hydrogen) atoms. The minimum atomic E-state index is -0.705. The van der Waals surface area contributed by atoms with Gasteiger partial charge < -0.3 is 14.2 Å². The fourth-order valence-electron chi connectivity index (χ4n) is 2.08. The third-order valence-electron chi connectivity index (χ3n) is 3.11. The normalized spacial score (nSPS) is 17.1. The summed E-state index contributed by atoms with van der Waals surface area (Å²) in [6.45, 7) is 2.39. The lowest BCUT2D eigenvalue weighted by Gasteiger charge is -2.35. The van der Waals surface area contributed by atoms with Crippen LogP contribution in [0, 0.1) is 10.1 Å². The first-order valence-electron chi connectivity index (χ1n) is 6.03. The van der Waals surface area contributed by atoms with Crippen molar-refractivity contribution in [3.63, 3.8) is 0 Å². The molecular weight excluding hydrogens is 284 g/mol. The molecule has 1 aliphatic rings. The lowest BCUT2D eigenvalue weighted by atomic mass is 10.1. The third kappa shape index (κ3) is 3.00. The molecule has 1 atom stereocenters. The molecule has 0 spiro atoms. The van der Waals surface area contributed by atoms with E-state index in [1.807, 2.05) is 25.1 Å². The molecule has 0 aliphatic carbocycles. The number of benzene rings is 1. The van der Waals surface area contributed by atoms with Crippen LogP contribution in [0.4, 0.5) is 0 Å². The number of ether oxygens (including phenoxy) is 1. The Kier molecular flexibility index (Phi) is 4.41. The van der Waals surface area contributed by atoms with Crippen LogP contribution in [0.3, 0.4) is 0 Å². The predicted molar refractivity (Wildman–Crippen MR) is 74.1 cm³/mol. The number of guanidine groups is 1. The SMILES string of the molecule is C[C@H](c1ccccc1Cl)N1COC[N+](C)=C1[N-][N+](=O)[O-]. The fraction of sp³-hybridized carbons (Fsp3) is 0.417. The quantitative estimate of drug-likeness (QED) is 0.487. The molecule has 0 unspecified atom stereocenters. The summed E-state index contributed by atoms with van der Waals surface area (Å²) in [5.41, 5.74) is 4.31. The molecule has 0 N–H and O–H groups in total. The van der Waals surface area contributed by atoms with E-state index < -0.39 is 5.03 Å². The van der Waals surface area contributed by atoms with Gasteiger partial charge in [-0.15, -0.1) is 0 Å². The zero-order valence-electron chi connectivity index (χ0n) is 11.2. The summed E-state index contributed by atoms with van der Waals surface area (Å²) in [4.78, 5) is 12.4. The van der Waals surface area contributed by atoms with Crippen molar-refractivity contribution >= 4 is 17.6 Å². The molecule has 7 nitrogen and oxygen atoms in total. The maximum absolute atomic E-state index is 10.7. The minimum absolute atomic E-state index is 0.190. The van der Waals surface area contributed by atoms with E-state index in [1.54, 1.807) is 22.6 Å². The van der Waals surface area contributed by atoms with E-state index >= 15 is 0 Å². The minimum Gasteiger partial charge on any atom is -0.341 e. The number of nitrogens with zero attached hydrogens (tertiary/aromatic N) is 4. The summed E-state index contributed by atoms with van der Waals surface area (Å²) in [7, 11) is 1.69. The van der Waals surface area contributed by atoms with Gasteiger partial charge in [0.2, 0.25) is 0 Å². The van der Waals surface area contributed by atoms with Crippen molar-refractivity contribution in [2.75, 3.05) is 20.5 Å². The summed E-state index contributed by atoms with van der Waals surface area (Å²) in [5, 5.41) is 10.6. The number of rotatable bonds is 3. The van der Waals surface area contributed by atoms with Crippen LogP contribution in [-0.4, -0.2) is 41.0 Å². The van der Waals surface area contributed by atoms with E-state index in [-0.39, 0.29) is 25.5 Å². The van der Waals surface area contributed by atoms with Crippen LogP contribution < -0.4 is 0 Å². The zero-order valence-corrected chi connectivity index (χ0v) is 11.9. The highest BCUT2D eigenvalue weighted by molar-refractivity contribution is 6.31. The molecule has 2 rings (SSSR count). The van der Waals surface area contributed by atoms with Gasteiger partial charge in [0.15, 0.2) is 5.03 Å². The molecule has 1 heterocycles. The number of hydrogen-bond donors (Lipinski definition) is 0. The van der Waals surface area contributed by atoms with Crippen molar-refractivity contribution in [3.8, 4) is 0 Å². The summed E-state index contributed by atoms with van der Waals surface area (Å²) in [5.74, 6) is 0.258. The Morgan fingerprint density at radius 1 is 1.55 bits per heavy atom. The predicted octanol–water partition coefficient (Wildman–Crippen LogP) is 2.21. The Labute approximate surface area is 121 Å². The Hall–Kier alpha value is -1.86. The zero-order chi connectivity index (χ0) is 14.7. The molecule has 0 aromatic heterocycles. The van der Waals surface area contributed by atoms with Gasteiger partial charge in [-0.25, -0.2) is 10.1 Å². The van der Waals surface area contributed by atoms with Gasteiger partial charge in [0.25, 0.3) is 5.96 Å². The lowest BCUT2D eigenvalue weighted by molar-refractivity contribution is -0.565. The Morgan fingerprint density at radius 3 is 2.90 bits per heavy atom. The molecule has 0 saturated heterocycles. The van der Waals surface area contributed by atoms with Crippen molar-refractivity contribution in [1.29, 1.82) is 0 Å². The van der Waals surface area contributed by atoms with Crippen LogP contribution in [0.15, 0.2) is 24.3 Å². The van der Waals surface area contributed by atoms with Gasteiger partial charge in [-0.05, 0) is 18.6 Å². The fourth-order valence-corrected chi connectivity index (χ4v) is 2.38. The van der Waals surface area contributed by atoms with Gasteiger partial charge in [-0.1, -0.05) is 29.8 Å². The molecule has 0 saturated carbocycles. The molecule has 0 fully saturated rings. The smallest absolute Gasteiger partial charge is 0.277 e. The van der Waals surface area contributed by atoms with Crippen molar-refractivity contribution in [2.24, 2.45) is 0 Å². The molecule has 1 aromatic rings. The average Bonchev–Trinajstić information content (AvgIpc) is 2.40. The van der Waals surface area contributed by atoms with Crippen molar-refractivity contribution in [2.45, 2.75) is 13.0 Å². The van der Waals surface area contributed by atoms with Gasteiger partial charge in [0, 0.05) is 12.1 Å². The lowest BCUT2D eigenvalue weighted by Crippen LogP contribution is -2.45. The number of nitro groups is 1. The van der Waals surface area contributed by atoms with Gasteiger partial charge in [0.1, 0.15) is 18.9 Å². The topological polar surface area (TPSA) is 72.7 Å². The van der Waals surface area contributed by atoms with Crippen molar-refractivity contribution < 1.29 is 14.3 Å². The molecule has 0 radical (unpaired) electrons. The molecule has 1 aromatic carbocycles. The van der Waals surface area contributed by atoms with Crippen LogP contribution in [0.25, 0.3) is 5.43 Å². The highest BCUT2D eigenvalue weighted by atomic mass is 35.5. The second-order valence-corrected chi connectivity index (χ2v) is 4.87. The average molecular weight is 299 g/mol. The van der Waals surface area contributed by atoms with E-state index in [0.29, 0.717) is 5.02 Å². The number of halogens is 1. The van der Waals surface area contributed by atoms with E-state index in [1.165, 1.54) is 0 Å². The van der Waals surface area contributed by atoms with Gasteiger partial charge in [-0.3, -0.25) is 0 Å². The summed E-state index contributed by atoms with van der Waals surface area (Å²) >= 11 is 6.17. The van der Waals surface area contributed by atoms with Crippen LogP contribution in [0.1, 0.15) is 18.5 Å². The molecule has 8 heteroatoms. The summed E-state index contributed by atoms with van der Waals surface area (Å²) in [6, 6.07) is 7.18. The molecular formula is C12H15ClN4O3. The van der Waals surface area contributed by atoms with Crippen LogP contribution in [0.5, 0.6) is 0 Å². The molecule has 1 aliphatic heterocycles. The van der Waals surface area contributed by atoms with E-state index in [2.05, 4.69) is 5.43 Å². The van der Waals surface area contributed by atoms with Crippen molar-refractivity contribution in [3.05, 3.63) is 50.4 Å². The molecule has 0 bridgehead atoms. The highest BCUT2D eigenvalue weighted by Crippen LogP contribution is 2.28. The maximum Gasteiger partial charge on any atom is 0.277 e. The van der Waals surface area contributed by atoms with E-state index in [0.717, 1.165) is 5.56 Å². The van der Waals surface area contributed by atoms with Gasteiger partial charge in [-0.2, -0.15) is 0 Å². The second kappa shape index (κ2) is 6.06. The van der Waals surface area contributed by atoms with Gasteiger partial charge >= 0.3 is 0 Å². The number of hydrogen-bond acceptors (Lipinski definition) is 4. The van der Waals surface area contributed by atoms with Crippen molar-refractivity contribution in [1.82, 2.24) is 4.90 Å². The van der Waals surface area contributed by atoms with Crippen LogP contribution in [-0.2, 0) is 4.74 Å². The molecule has 0 amide bonds. The van der Waals surface area contributed by atoms with E-state index in [4.69, 9.17) is 16.3 Å². The third-order valence-corrected chi connectivity index (χ3v) is 3.45. The van der Waals surface area contributed by atoms with E-state index in [9.17, 15) is 10.1 Å². The summed E-state index contributed by atoms with van der Waals surface area (Å²) in [6.07, 6.45) is 0. The second-order valence-electron chi connectivity index (χ2n) is 4.47. The summed E-state index contributed by atoms with van der Waals surface area (Å²) < 4.78 is 6.98. The Balaban J connectivity index is 2.32. The first-order chi connectivity index (χ1) is 9.50. The maximum atomic E-state index is 10.7. The standard InChI is InChI=1S/C12H15ClN4O3/c1-9(10-5-3-4-6-11(10)13)16-8-20-7-15(2)12(16)14-17(18)19/h3-6,9H,7-8H2,1-2H3/t9-/m1/s1. The monoisotopic (exact) mass is 298 g/mol. The Morgan fingerprint density at radius 2 is 2.25 bits per heavy atom. The first kappa shape index (κ1) is 14.5. The highest BCUT2D eigenvalue weighted by Gasteiger charge is 2.29. The van der Waals surface area contributed by atoms with Gasteiger partial charge in [0.05, 0.1) is 6.04 Å². The first-order valence-corrected chi connectivity index (χ1v) is 6.41. The largest absolute Gasteiger partial charge is 0.341 e. The van der Waals surface area contributed by atoms with Crippen LogP contribution in [0.2, 0.25) is 5.02 Å². The van der Waals surface area contributed by atoms with Crippen LogP contribution >= 0.6 is 11.6 Å². The Bertz CT molecular complexity index is 549. The molecule has 108 valence electrons.